The van der Waals surface area contributed by atoms with E-state index in [2.05, 4.69) is 9.97 Å². The second-order valence-electron chi connectivity index (χ2n) is 4.64. The lowest BCUT2D eigenvalue weighted by Crippen LogP contribution is -2.16. The molecule has 3 aromatic rings. The summed E-state index contributed by atoms with van der Waals surface area (Å²) in [7, 11) is 0. The van der Waals surface area contributed by atoms with Gasteiger partial charge in [-0.2, -0.15) is 0 Å². The average Bonchev–Trinajstić information content (AvgIpc) is 2.74. The third-order valence-electron chi connectivity index (χ3n) is 3.54. The smallest absolute Gasteiger partial charge is 0.260 e. The highest BCUT2D eigenvalue weighted by atomic mass is 35.5. The Kier molecular flexibility index (Phi) is 2.15. The van der Waals surface area contributed by atoms with E-state index in [1.165, 1.54) is 0 Å². The van der Waals surface area contributed by atoms with Gasteiger partial charge >= 0.3 is 0 Å². The molecule has 1 aliphatic carbocycles. The number of hydrogen-bond donors (Lipinski definition) is 1. The van der Waals surface area contributed by atoms with Crippen molar-refractivity contribution in [2.75, 3.05) is 0 Å². The molecule has 2 heterocycles. The fourth-order valence-electron chi connectivity index (χ4n) is 2.69. The molecule has 2 aromatic heterocycles. The molecule has 0 radical (unpaired) electrons. The lowest BCUT2D eigenvalue weighted by molar-refractivity contribution is 0.104. The minimum absolute atomic E-state index is 0.183. The summed E-state index contributed by atoms with van der Waals surface area (Å²) in [6.07, 6.45) is 3.17. The Morgan fingerprint density at radius 3 is 2.75 bits per heavy atom. The zero-order chi connectivity index (χ0) is 13.9. The number of pyridine rings is 2. The summed E-state index contributed by atoms with van der Waals surface area (Å²) in [5.41, 5.74) is 2.27. The van der Waals surface area contributed by atoms with E-state index in [9.17, 15) is 9.59 Å². The molecule has 20 heavy (non-hydrogen) atoms. The molecular weight excluding hydrogens is 276 g/mol. The number of H-pyrrole nitrogens is 1. The van der Waals surface area contributed by atoms with Crippen LogP contribution in [0.1, 0.15) is 15.9 Å². The predicted octanol–water partition coefficient (Wildman–Crippen LogP) is 2.79. The number of halogens is 1. The van der Waals surface area contributed by atoms with Crippen LogP contribution in [-0.4, -0.2) is 15.8 Å². The minimum Gasteiger partial charge on any atom is -0.321 e. The third kappa shape index (κ3) is 1.34. The molecule has 4 rings (SSSR count). The highest BCUT2D eigenvalue weighted by Crippen LogP contribution is 2.38. The van der Waals surface area contributed by atoms with Crippen LogP contribution in [0.2, 0.25) is 5.02 Å². The first-order valence-corrected chi connectivity index (χ1v) is 6.39. The Morgan fingerprint density at radius 1 is 1.05 bits per heavy atom. The Balaban J connectivity index is 2.26. The van der Waals surface area contributed by atoms with Crippen LogP contribution < -0.4 is 5.56 Å². The number of nitrogens with one attached hydrogen (secondary N) is 1. The molecule has 0 saturated carbocycles. The fraction of sp³-hybridized carbons (Fsp3) is 0. The third-order valence-corrected chi connectivity index (χ3v) is 3.77. The molecule has 0 fully saturated rings. The molecular formula is C15H7ClN2O2. The maximum Gasteiger partial charge on any atom is 0.260 e. The number of benzene rings is 1. The Hall–Kier alpha value is -2.46. The second kappa shape index (κ2) is 3.77. The standard InChI is InChI=1S/C15H7ClN2O2/c16-7-1-2-9-11(5-7)18-15(20)13-12(9)10-6-17-4-3-8(10)14(13)19/h1-6H,(H,18,20). The first-order valence-electron chi connectivity index (χ1n) is 6.01. The van der Waals surface area contributed by atoms with Crippen LogP contribution in [0.4, 0.5) is 0 Å². The van der Waals surface area contributed by atoms with Crippen molar-refractivity contribution in [3.05, 3.63) is 63.2 Å². The normalized spacial score (nSPS) is 12.6. The van der Waals surface area contributed by atoms with Crippen molar-refractivity contribution in [3.8, 4) is 11.1 Å². The van der Waals surface area contributed by atoms with Crippen molar-refractivity contribution in [2.45, 2.75) is 0 Å². The molecule has 1 aromatic carbocycles. The number of carbonyl (C=O) groups excluding carboxylic acids is 1. The van der Waals surface area contributed by atoms with Crippen LogP contribution in [0, 0.1) is 0 Å². The van der Waals surface area contributed by atoms with E-state index in [0.29, 0.717) is 27.2 Å². The molecule has 1 aliphatic rings. The molecule has 5 heteroatoms. The molecule has 0 aliphatic heterocycles. The van der Waals surface area contributed by atoms with Gasteiger partial charge in [0.2, 0.25) is 0 Å². The minimum atomic E-state index is -0.393. The van der Waals surface area contributed by atoms with Crippen molar-refractivity contribution < 1.29 is 4.79 Å². The SMILES string of the molecule is O=C1c2ccncc2-c2c1c(=O)[nH]c1cc(Cl)ccc21. The largest absolute Gasteiger partial charge is 0.321 e. The predicted molar refractivity (Wildman–Crippen MR) is 76.2 cm³/mol. The molecule has 0 atom stereocenters. The van der Waals surface area contributed by atoms with Gasteiger partial charge < -0.3 is 4.98 Å². The summed E-state index contributed by atoms with van der Waals surface area (Å²) in [5, 5.41) is 1.33. The van der Waals surface area contributed by atoms with Crippen molar-refractivity contribution >= 4 is 28.3 Å². The van der Waals surface area contributed by atoms with Gasteiger partial charge in [0.1, 0.15) is 0 Å². The summed E-state index contributed by atoms with van der Waals surface area (Å²) < 4.78 is 0. The molecule has 4 nitrogen and oxygen atoms in total. The van der Waals surface area contributed by atoms with E-state index >= 15 is 0 Å². The van der Waals surface area contributed by atoms with Crippen molar-refractivity contribution in [3.63, 3.8) is 0 Å². The van der Waals surface area contributed by atoms with Gasteiger partial charge in [0.25, 0.3) is 5.56 Å². The zero-order valence-electron chi connectivity index (χ0n) is 10.1. The lowest BCUT2D eigenvalue weighted by Gasteiger charge is -2.05. The lowest BCUT2D eigenvalue weighted by atomic mass is 10.0. The molecule has 0 unspecified atom stereocenters. The van der Waals surface area contributed by atoms with Crippen LogP contribution >= 0.6 is 11.6 Å². The summed E-state index contributed by atoms with van der Waals surface area (Å²) in [6, 6.07) is 6.86. The number of aromatic nitrogens is 2. The topological polar surface area (TPSA) is 62.8 Å². The number of aromatic amines is 1. The second-order valence-corrected chi connectivity index (χ2v) is 5.08. The van der Waals surface area contributed by atoms with Crippen molar-refractivity contribution in [1.82, 2.24) is 9.97 Å². The quantitative estimate of drug-likeness (QED) is 0.539. The maximum absolute atomic E-state index is 12.3. The van der Waals surface area contributed by atoms with Crippen LogP contribution in [0.15, 0.2) is 41.5 Å². The van der Waals surface area contributed by atoms with E-state index in [1.54, 1.807) is 30.6 Å². The molecule has 0 amide bonds. The van der Waals surface area contributed by atoms with E-state index in [4.69, 9.17) is 11.6 Å². The average molecular weight is 283 g/mol. The maximum atomic E-state index is 12.3. The van der Waals surface area contributed by atoms with E-state index in [-0.39, 0.29) is 11.3 Å². The summed E-state index contributed by atoms with van der Waals surface area (Å²) in [4.78, 5) is 31.3. The summed E-state index contributed by atoms with van der Waals surface area (Å²) in [6.45, 7) is 0. The molecule has 1 N–H and O–H groups in total. The number of fused-ring (bicyclic) bond motifs is 5. The molecule has 0 spiro atoms. The first-order chi connectivity index (χ1) is 9.66. The van der Waals surface area contributed by atoms with E-state index in [1.807, 2.05) is 6.07 Å². The van der Waals surface area contributed by atoms with Gasteiger partial charge in [0.15, 0.2) is 5.78 Å². The first kappa shape index (κ1) is 11.4. The number of ketones is 1. The van der Waals surface area contributed by atoms with Gasteiger partial charge in [0.05, 0.1) is 11.1 Å². The van der Waals surface area contributed by atoms with Gasteiger partial charge in [-0.1, -0.05) is 17.7 Å². The van der Waals surface area contributed by atoms with Gasteiger partial charge in [0, 0.05) is 39.5 Å². The highest BCUT2D eigenvalue weighted by Gasteiger charge is 2.31. The molecule has 0 bridgehead atoms. The van der Waals surface area contributed by atoms with Crippen LogP contribution in [-0.2, 0) is 0 Å². The van der Waals surface area contributed by atoms with Gasteiger partial charge in [-0.3, -0.25) is 14.6 Å². The summed E-state index contributed by atoms with van der Waals surface area (Å²) >= 11 is 5.95. The number of nitrogens with zero attached hydrogens (tertiary/aromatic N) is 1. The fourth-order valence-corrected chi connectivity index (χ4v) is 2.87. The Labute approximate surface area is 118 Å². The van der Waals surface area contributed by atoms with E-state index in [0.717, 1.165) is 5.39 Å². The summed E-state index contributed by atoms with van der Waals surface area (Å²) in [5.74, 6) is -0.254. The Bertz CT molecular complexity index is 960. The highest BCUT2D eigenvalue weighted by molar-refractivity contribution is 6.31. The van der Waals surface area contributed by atoms with Crippen LogP contribution in [0.3, 0.4) is 0 Å². The van der Waals surface area contributed by atoms with Crippen molar-refractivity contribution in [2.24, 2.45) is 0 Å². The monoisotopic (exact) mass is 282 g/mol. The molecule has 96 valence electrons. The van der Waals surface area contributed by atoms with Crippen LogP contribution in [0.25, 0.3) is 22.0 Å². The number of rotatable bonds is 0. The van der Waals surface area contributed by atoms with Crippen molar-refractivity contribution in [1.29, 1.82) is 0 Å². The molecule has 0 saturated heterocycles. The van der Waals surface area contributed by atoms with Crippen LogP contribution in [0.5, 0.6) is 0 Å². The van der Waals surface area contributed by atoms with E-state index < -0.39 is 5.56 Å². The number of carbonyl (C=O) groups is 1. The zero-order valence-corrected chi connectivity index (χ0v) is 10.9. The Morgan fingerprint density at radius 2 is 1.90 bits per heavy atom. The van der Waals surface area contributed by atoms with Gasteiger partial charge in [-0.25, -0.2) is 0 Å². The van der Waals surface area contributed by atoms with Gasteiger partial charge in [-0.15, -0.1) is 0 Å². The van der Waals surface area contributed by atoms with Gasteiger partial charge in [-0.05, 0) is 18.2 Å². The number of hydrogen-bond acceptors (Lipinski definition) is 3.